The first-order valence-electron chi connectivity index (χ1n) is 9.47. The molecule has 0 saturated carbocycles. The Bertz CT molecular complexity index is 813. The van der Waals surface area contributed by atoms with E-state index in [-0.39, 0.29) is 17.5 Å². The van der Waals surface area contributed by atoms with Crippen LogP contribution in [-0.4, -0.2) is 36.4 Å². The number of benzene rings is 2. The molecule has 2 N–H and O–H groups in total. The highest BCUT2D eigenvalue weighted by Gasteiger charge is 2.28. The number of ether oxygens (including phenoxy) is 1. The van der Waals surface area contributed by atoms with Crippen LogP contribution in [0.2, 0.25) is 0 Å². The number of hydrogen-bond acceptors (Lipinski definition) is 4. The van der Waals surface area contributed by atoms with E-state index in [4.69, 9.17) is 10.5 Å². The molecule has 0 aromatic heterocycles. The number of primary amides is 1. The normalized spacial score (nSPS) is 16.5. The lowest BCUT2D eigenvalue weighted by molar-refractivity contribution is 0.0598. The van der Waals surface area contributed by atoms with Gasteiger partial charge in [0, 0.05) is 18.0 Å². The third kappa shape index (κ3) is 5.16. The molecule has 3 rings (SSSR count). The minimum absolute atomic E-state index is 0.0584. The average Bonchev–Trinajstić information content (AvgIpc) is 2.68. The number of piperidine rings is 1. The van der Waals surface area contributed by atoms with Gasteiger partial charge in [-0.1, -0.05) is 29.8 Å². The molecule has 2 aromatic carbocycles. The molecule has 0 aliphatic carbocycles. The van der Waals surface area contributed by atoms with Crippen molar-refractivity contribution in [2.24, 2.45) is 11.7 Å². The topological polar surface area (TPSA) is 72.6 Å². The van der Waals surface area contributed by atoms with Crippen LogP contribution in [0.1, 0.15) is 40.4 Å². The Morgan fingerprint density at radius 2 is 1.71 bits per heavy atom. The first-order valence-corrected chi connectivity index (χ1v) is 9.47. The molecule has 1 fully saturated rings. The SMILES string of the molecule is Cc1ccc(C(CN2CCC(C(=O)c3ccc(F)cc3)CC2)OC(N)=O)cc1. The molecule has 148 valence electrons. The van der Waals surface area contributed by atoms with E-state index in [1.165, 1.54) is 24.3 Å². The molecule has 1 unspecified atom stereocenters. The summed E-state index contributed by atoms with van der Waals surface area (Å²) in [5.74, 6) is -0.359. The third-order valence-electron chi connectivity index (χ3n) is 5.22. The molecule has 5 nitrogen and oxygen atoms in total. The van der Waals surface area contributed by atoms with E-state index < -0.39 is 12.2 Å². The van der Waals surface area contributed by atoms with Gasteiger partial charge < -0.3 is 10.5 Å². The van der Waals surface area contributed by atoms with Crippen molar-refractivity contribution in [2.45, 2.75) is 25.9 Å². The summed E-state index contributed by atoms with van der Waals surface area (Å²) in [5.41, 5.74) is 7.83. The van der Waals surface area contributed by atoms with Gasteiger partial charge in [-0.05, 0) is 62.7 Å². The molecule has 0 bridgehead atoms. The number of ketones is 1. The second kappa shape index (κ2) is 8.97. The van der Waals surface area contributed by atoms with Gasteiger partial charge in [-0.2, -0.15) is 0 Å². The maximum absolute atomic E-state index is 13.1. The summed E-state index contributed by atoms with van der Waals surface area (Å²) in [6.07, 6.45) is 0.190. The van der Waals surface area contributed by atoms with Crippen molar-refractivity contribution in [1.29, 1.82) is 0 Å². The maximum Gasteiger partial charge on any atom is 0.405 e. The van der Waals surface area contributed by atoms with Gasteiger partial charge in [-0.3, -0.25) is 9.69 Å². The van der Waals surface area contributed by atoms with E-state index in [2.05, 4.69) is 4.90 Å². The highest BCUT2D eigenvalue weighted by Crippen LogP contribution is 2.25. The van der Waals surface area contributed by atoms with Gasteiger partial charge in [-0.25, -0.2) is 9.18 Å². The molecule has 1 atom stereocenters. The lowest BCUT2D eigenvalue weighted by Gasteiger charge is -2.33. The Kier molecular flexibility index (Phi) is 6.41. The maximum atomic E-state index is 13.1. The Labute approximate surface area is 164 Å². The monoisotopic (exact) mass is 384 g/mol. The summed E-state index contributed by atoms with van der Waals surface area (Å²) in [7, 11) is 0. The second-order valence-electron chi connectivity index (χ2n) is 7.28. The molecule has 0 spiro atoms. The van der Waals surface area contributed by atoms with Crippen molar-refractivity contribution in [1.82, 2.24) is 4.90 Å². The molecular weight excluding hydrogens is 359 g/mol. The van der Waals surface area contributed by atoms with Crippen LogP contribution in [0.3, 0.4) is 0 Å². The second-order valence-corrected chi connectivity index (χ2v) is 7.28. The zero-order valence-electron chi connectivity index (χ0n) is 15.9. The molecule has 2 aromatic rings. The number of nitrogens with zero attached hydrogens (tertiary/aromatic N) is 1. The number of Topliss-reactive ketones (excluding diaryl/α,β-unsaturated/α-hetero) is 1. The Morgan fingerprint density at radius 1 is 1.11 bits per heavy atom. The summed E-state index contributed by atoms with van der Waals surface area (Å²) >= 11 is 0. The lowest BCUT2D eigenvalue weighted by atomic mass is 9.88. The number of halogens is 1. The first-order chi connectivity index (χ1) is 13.4. The lowest BCUT2D eigenvalue weighted by Crippen LogP contribution is -2.39. The minimum atomic E-state index is -0.799. The predicted octanol–water partition coefficient (Wildman–Crippen LogP) is 3.87. The van der Waals surface area contributed by atoms with E-state index in [0.717, 1.165) is 24.2 Å². The quantitative estimate of drug-likeness (QED) is 0.768. The molecule has 1 aliphatic rings. The summed E-state index contributed by atoms with van der Waals surface area (Å²) < 4.78 is 18.4. The van der Waals surface area contributed by atoms with Crippen LogP contribution < -0.4 is 5.73 Å². The van der Waals surface area contributed by atoms with Crippen LogP contribution in [0.25, 0.3) is 0 Å². The van der Waals surface area contributed by atoms with Crippen molar-refractivity contribution in [3.63, 3.8) is 0 Å². The Morgan fingerprint density at radius 3 is 2.29 bits per heavy atom. The van der Waals surface area contributed by atoms with Crippen LogP contribution >= 0.6 is 0 Å². The van der Waals surface area contributed by atoms with Crippen LogP contribution in [0, 0.1) is 18.7 Å². The van der Waals surface area contributed by atoms with Crippen LogP contribution in [0.4, 0.5) is 9.18 Å². The molecule has 1 heterocycles. The van der Waals surface area contributed by atoms with Crippen LogP contribution in [0.15, 0.2) is 48.5 Å². The van der Waals surface area contributed by atoms with Crippen LogP contribution in [0.5, 0.6) is 0 Å². The predicted molar refractivity (Wildman–Crippen MR) is 104 cm³/mol. The molecule has 1 amide bonds. The number of amides is 1. The van der Waals surface area contributed by atoms with Gasteiger partial charge in [0.15, 0.2) is 5.78 Å². The van der Waals surface area contributed by atoms with Gasteiger partial charge in [0.05, 0.1) is 0 Å². The number of likely N-dealkylation sites (tertiary alicyclic amines) is 1. The molecule has 6 heteroatoms. The van der Waals surface area contributed by atoms with Gasteiger partial charge >= 0.3 is 6.09 Å². The summed E-state index contributed by atoms with van der Waals surface area (Å²) in [4.78, 5) is 26.1. The van der Waals surface area contributed by atoms with E-state index >= 15 is 0 Å². The number of aryl methyl sites for hydroxylation is 1. The first kappa shape index (κ1) is 20.0. The molecular formula is C22H25FN2O3. The zero-order chi connectivity index (χ0) is 20.1. The van der Waals surface area contributed by atoms with Crippen LogP contribution in [-0.2, 0) is 4.74 Å². The number of nitrogens with two attached hydrogens (primary N) is 1. The van der Waals surface area contributed by atoms with E-state index in [9.17, 15) is 14.0 Å². The molecule has 0 radical (unpaired) electrons. The average molecular weight is 384 g/mol. The molecule has 28 heavy (non-hydrogen) atoms. The highest BCUT2D eigenvalue weighted by atomic mass is 19.1. The number of carbonyl (C=O) groups excluding carboxylic acids is 2. The van der Waals surface area contributed by atoms with Gasteiger partial charge in [0.2, 0.25) is 0 Å². The highest BCUT2D eigenvalue weighted by molar-refractivity contribution is 5.97. The van der Waals surface area contributed by atoms with Crippen molar-refractivity contribution >= 4 is 11.9 Å². The fourth-order valence-corrected chi connectivity index (χ4v) is 3.59. The van der Waals surface area contributed by atoms with Gasteiger partial charge in [0.25, 0.3) is 0 Å². The standard InChI is InChI=1S/C22H25FN2O3/c1-15-2-4-16(5-3-15)20(28-22(24)27)14-25-12-10-18(11-13-25)21(26)17-6-8-19(23)9-7-17/h2-9,18,20H,10-14H2,1H3,(H2,24,27). The summed E-state index contributed by atoms with van der Waals surface area (Å²) in [6.45, 7) is 3.98. The fourth-order valence-electron chi connectivity index (χ4n) is 3.59. The Hall–Kier alpha value is -2.73. The minimum Gasteiger partial charge on any atom is -0.440 e. The molecule has 1 saturated heterocycles. The van der Waals surface area contributed by atoms with E-state index in [1.54, 1.807) is 0 Å². The third-order valence-corrected chi connectivity index (χ3v) is 5.22. The largest absolute Gasteiger partial charge is 0.440 e. The fraction of sp³-hybridized carbons (Fsp3) is 0.364. The Balaban J connectivity index is 1.59. The summed E-state index contributed by atoms with van der Waals surface area (Å²) in [5, 5.41) is 0. The number of rotatable bonds is 6. The van der Waals surface area contributed by atoms with Gasteiger partial charge in [-0.15, -0.1) is 0 Å². The van der Waals surface area contributed by atoms with Crippen molar-refractivity contribution in [3.8, 4) is 0 Å². The number of carbonyl (C=O) groups is 2. The summed E-state index contributed by atoms with van der Waals surface area (Å²) in [6, 6.07) is 13.5. The molecule has 1 aliphatic heterocycles. The number of hydrogen-bond donors (Lipinski definition) is 1. The van der Waals surface area contributed by atoms with E-state index in [0.29, 0.717) is 24.9 Å². The van der Waals surface area contributed by atoms with E-state index in [1.807, 2.05) is 31.2 Å². The van der Waals surface area contributed by atoms with Crippen molar-refractivity contribution in [2.75, 3.05) is 19.6 Å². The zero-order valence-corrected chi connectivity index (χ0v) is 15.9. The van der Waals surface area contributed by atoms with Crippen molar-refractivity contribution in [3.05, 3.63) is 71.0 Å². The van der Waals surface area contributed by atoms with Gasteiger partial charge in [0.1, 0.15) is 11.9 Å². The van der Waals surface area contributed by atoms with Crippen molar-refractivity contribution < 1.29 is 18.7 Å². The smallest absolute Gasteiger partial charge is 0.405 e.